The molecule has 0 aromatic carbocycles. The van der Waals surface area contributed by atoms with E-state index in [0.717, 1.165) is 50.8 Å². The number of ether oxygens (including phenoxy) is 1. The average molecular weight is 343 g/mol. The van der Waals surface area contributed by atoms with Gasteiger partial charge < -0.3 is 14.5 Å². The SMILES string of the molecule is O=C(c1cccnc1)N1CC[C@@]2(CCCN(CC3CCOCC3)C2)C1. The third-order valence-corrected chi connectivity index (χ3v) is 6.23. The van der Waals surface area contributed by atoms with Crippen molar-refractivity contribution in [2.45, 2.75) is 32.1 Å². The summed E-state index contributed by atoms with van der Waals surface area (Å²) in [7, 11) is 0. The molecule has 5 nitrogen and oxygen atoms in total. The predicted octanol–water partition coefficient (Wildman–Crippen LogP) is 2.44. The molecule has 1 aromatic heterocycles. The van der Waals surface area contributed by atoms with Crippen molar-refractivity contribution in [2.24, 2.45) is 11.3 Å². The van der Waals surface area contributed by atoms with E-state index < -0.39 is 0 Å². The molecular weight excluding hydrogens is 314 g/mol. The number of amides is 1. The van der Waals surface area contributed by atoms with Crippen LogP contribution in [0.15, 0.2) is 24.5 Å². The van der Waals surface area contributed by atoms with Crippen LogP contribution in [0, 0.1) is 11.3 Å². The zero-order valence-corrected chi connectivity index (χ0v) is 15.0. The van der Waals surface area contributed by atoms with Gasteiger partial charge in [-0.25, -0.2) is 0 Å². The van der Waals surface area contributed by atoms with Crippen molar-refractivity contribution in [3.05, 3.63) is 30.1 Å². The number of nitrogens with zero attached hydrogens (tertiary/aromatic N) is 3. The first kappa shape index (κ1) is 17.0. The van der Waals surface area contributed by atoms with Crippen molar-refractivity contribution in [3.8, 4) is 0 Å². The summed E-state index contributed by atoms with van der Waals surface area (Å²) in [6.07, 6.45) is 9.48. The Kier molecular flexibility index (Phi) is 5.04. The number of piperidine rings is 1. The van der Waals surface area contributed by atoms with E-state index in [4.69, 9.17) is 4.74 Å². The van der Waals surface area contributed by atoms with E-state index in [9.17, 15) is 4.79 Å². The Morgan fingerprint density at radius 3 is 2.92 bits per heavy atom. The van der Waals surface area contributed by atoms with Crippen LogP contribution in [0.5, 0.6) is 0 Å². The van der Waals surface area contributed by atoms with Crippen LogP contribution in [0.1, 0.15) is 42.5 Å². The molecule has 1 amide bonds. The maximum Gasteiger partial charge on any atom is 0.255 e. The van der Waals surface area contributed by atoms with Gasteiger partial charge in [0.15, 0.2) is 0 Å². The Hall–Kier alpha value is -1.46. The molecule has 0 aliphatic carbocycles. The molecule has 3 fully saturated rings. The largest absolute Gasteiger partial charge is 0.381 e. The summed E-state index contributed by atoms with van der Waals surface area (Å²) in [5.74, 6) is 0.935. The second-order valence-corrected chi connectivity index (χ2v) is 8.11. The number of aromatic nitrogens is 1. The van der Waals surface area contributed by atoms with Crippen LogP contribution in [-0.4, -0.2) is 66.6 Å². The Labute approximate surface area is 150 Å². The topological polar surface area (TPSA) is 45.7 Å². The smallest absolute Gasteiger partial charge is 0.255 e. The van der Waals surface area contributed by atoms with Gasteiger partial charge in [-0.2, -0.15) is 0 Å². The normalized spacial score (nSPS) is 28.6. The highest BCUT2D eigenvalue weighted by molar-refractivity contribution is 5.94. The molecule has 4 heterocycles. The number of hydrogen-bond donors (Lipinski definition) is 0. The van der Waals surface area contributed by atoms with Crippen LogP contribution in [-0.2, 0) is 4.74 Å². The van der Waals surface area contributed by atoms with Crippen LogP contribution >= 0.6 is 0 Å². The van der Waals surface area contributed by atoms with E-state index in [1.807, 2.05) is 12.1 Å². The van der Waals surface area contributed by atoms with Crippen molar-refractivity contribution in [1.82, 2.24) is 14.8 Å². The van der Waals surface area contributed by atoms with Crippen LogP contribution in [0.2, 0.25) is 0 Å². The fourth-order valence-electron chi connectivity index (χ4n) is 4.87. The zero-order valence-electron chi connectivity index (χ0n) is 15.0. The molecule has 0 saturated carbocycles. The summed E-state index contributed by atoms with van der Waals surface area (Å²) in [5, 5.41) is 0. The monoisotopic (exact) mass is 343 g/mol. The lowest BCUT2D eigenvalue weighted by molar-refractivity contribution is 0.0309. The molecule has 25 heavy (non-hydrogen) atoms. The highest BCUT2D eigenvalue weighted by Crippen LogP contribution is 2.39. The summed E-state index contributed by atoms with van der Waals surface area (Å²) < 4.78 is 5.50. The van der Waals surface area contributed by atoms with Crippen LogP contribution in [0.25, 0.3) is 0 Å². The van der Waals surface area contributed by atoms with E-state index >= 15 is 0 Å². The number of likely N-dealkylation sites (tertiary alicyclic amines) is 2. The fourth-order valence-corrected chi connectivity index (χ4v) is 4.87. The second kappa shape index (κ2) is 7.42. The van der Waals surface area contributed by atoms with Gasteiger partial charge >= 0.3 is 0 Å². The Morgan fingerprint density at radius 2 is 2.12 bits per heavy atom. The minimum Gasteiger partial charge on any atom is -0.381 e. The zero-order chi connectivity index (χ0) is 17.1. The molecule has 1 aromatic rings. The van der Waals surface area contributed by atoms with Crippen molar-refractivity contribution in [3.63, 3.8) is 0 Å². The van der Waals surface area contributed by atoms with Gasteiger partial charge in [0.25, 0.3) is 5.91 Å². The lowest BCUT2D eigenvalue weighted by Gasteiger charge is -2.42. The summed E-state index contributed by atoms with van der Waals surface area (Å²) in [6.45, 7) is 7.23. The van der Waals surface area contributed by atoms with Gasteiger partial charge in [0.2, 0.25) is 0 Å². The molecule has 0 radical (unpaired) electrons. The van der Waals surface area contributed by atoms with Crippen molar-refractivity contribution in [1.29, 1.82) is 0 Å². The van der Waals surface area contributed by atoms with Gasteiger partial charge in [0.1, 0.15) is 0 Å². The minimum absolute atomic E-state index is 0.145. The molecule has 1 atom stereocenters. The van der Waals surface area contributed by atoms with E-state index in [1.54, 1.807) is 12.4 Å². The molecule has 3 aliphatic rings. The first-order chi connectivity index (χ1) is 12.2. The third kappa shape index (κ3) is 3.87. The highest BCUT2D eigenvalue weighted by Gasteiger charge is 2.43. The maximum atomic E-state index is 12.7. The van der Waals surface area contributed by atoms with Gasteiger partial charge in [0, 0.05) is 57.2 Å². The first-order valence-electron chi connectivity index (χ1n) is 9.74. The fraction of sp³-hybridized carbons (Fsp3) is 0.700. The molecule has 0 N–H and O–H groups in total. The Bertz CT molecular complexity index is 588. The van der Waals surface area contributed by atoms with Gasteiger partial charge in [-0.3, -0.25) is 9.78 Å². The molecular formula is C20H29N3O2. The number of carbonyl (C=O) groups excluding carboxylic acids is 1. The Balaban J connectivity index is 1.36. The minimum atomic E-state index is 0.145. The molecule has 1 spiro atoms. The van der Waals surface area contributed by atoms with Gasteiger partial charge in [-0.1, -0.05) is 0 Å². The van der Waals surface area contributed by atoms with E-state index in [-0.39, 0.29) is 5.91 Å². The summed E-state index contributed by atoms with van der Waals surface area (Å²) in [4.78, 5) is 21.5. The number of hydrogen-bond acceptors (Lipinski definition) is 4. The second-order valence-electron chi connectivity index (χ2n) is 8.11. The van der Waals surface area contributed by atoms with Gasteiger partial charge in [0.05, 0.1) is 5.56 Å². The quantitative estimate of drug-likeness (QED) is 0.846. The molecule has 3 aliphatic heterocycles. The van der Waals surface area contributed by atoms with Crippen LogP contribution in [0.3, 0.4) is 0 Å². The lowest BCUT2D eigenvalue weighted by Crippen LogP contribution is -2.47. The molecule has 0 bridgehead atoms. The van der Waals surface area contributed by atoms with Crippen LogP contribution in [0.4, 0.5) is 0 Å². The van der Waals surface area contributed by atoms with Crippen molar-refractivity contribution >= 4 is 5.91 Å². The molecule has 4 rings (SSSR count). The summed E-state index contributed by atoms with van der Waals surface area (Å²) in [5.41, 5.74) is 1.02. The summed E-state index contributed by atoms with van der Waals surface area (Å²) in [6, 6.07) is 3.72. The Morgan fingerprint density at radius 1 is 1.24 bits per heavy atom. The standard InChI is InChI=1S/C20H29N3O2/c24-19(18-3-1-8-21-13-18)23-10-7-20(16-23)6-2-9-22(15-20)14-17-4-11-25-12-5-17/h1,3,8,13,17H,2,4-7,9-12,14-16H2/t20-/m1/s1. The number of carbonyl (C=O) groups is 1. The van der Waals surface area contributed by atoms with E-state index in [2.05, 4.69) is 14.8 Å². The van der Waals surface area contributed by atoms with Crippen molar-refractivity contribution < 1.29 is 9.53 Å². The maximum absolute atomic E-state index is 12.7. The predicted molar refractivity (Wildman–Crippen MR) is 96.4 cm³/mol. The molecule has 3 saturated heterocycles. The third-order valence-electron chi connectivity index (χ3n) is 6.23. The first-order valence-corrected chi connectivity index (χ1v) is 9.74. The number of rotatable bonds is 3. The molecule has 0 unspecified atom stereocenters. The lowest BCUT2D eigenvalue weighted by atomic mass is 9.79. The summed E-state index contributed by atoms with van der Waals surface area (Å²) >= 11 is 0. The van der Waals surface area contributed by atoms with Gasteiger partial charge in [-0.05, 0) is 56.7 Å². The average Bonchev–Trinajstić information content (AvgIpc) is 3.06. The van der Waals surface area contributed by atoms with Gasteiger partial charge in [-0.15, -0.1) is 0 Å². The van der Waals surface area contributed by atoms with E-state index in [0.29, 0.717) is 5.41 Å². The number of pyridine rings is 1. The highest BCUT2D eigenvalue weighted by atomic mass is 16.5. The molecule has 136 valence electrons. The van der Waals surface area contributed by atoms with E-state index in [1.165, 1.54) is 38.8 Å². The van der Waals surface area contributed by atoms with Crippen LogP contribution < -0.4 is 0 Å². The van der Waals surface area contributed by atoms with Crippen molar-refractivity contribution in [2.75, 3.05) is 45.9 Å². The molecule has 5 heteroatoms.